The molecule has 0 saturated carbocycles. The van der Waals surface area contributed by atoms with Crippen molar-refractivity contribution in [1.29, 1.82) is 0 Å². The lowest BCUT2D eigenvalue weighted by molar-refractivity contribution is -0.119. The Kier molecular flexibility index (Phi) is 9.31. The first-order valence-corrected chi connectivity index (χ1v) is 15.4. The molecule has 0 radical (unpaired) electrons. The van der Waals surface area contributed by atoms with E-state index >= 15 is 0 Å². The second-order valence-electron chi connectivity index (χ2n) is 11.2. The van der Waals surface area contributed by atoms with Crippen molar-refractivity contribution in [1.82, 2.24) is 0 Å². The standard InChI is InChI=1S/C36H43N3O3/c1-5-8-9-14-34(41)39-32-13-11-10-12-30(32)37-31-23-27(25-17-21-29(42-4)22-18-25)24-33(40)35(31)36(39)26-15-19-28(20-16-26)38(6-2)7-3/h10-13,15-22,27,36-37H,5-9,14,23-24H2,1-4H3/t27-,36+/m0/s1. The first kappa shape index (κ1) is 29.4. The molecule has 6 nitrogen and oxygen atoms in total. The number of hydrogen-bond donors (Lipinski definition) is 1. The number of methoxy groups -OCH3 is 1. The zero-order valence-electron chi connectivity index (χ0n) is 25.4. The summed E-state index contributed by atoms with van der Waals surface area (Å²) in [7, 11) is 1.66. The molecule has 0 fully saturated rings. The highest BCUT2D eigenvalue weighted by molar-refractivity contribution is 6.06. The highest BCUT2D eigenvalue weighted by atomic mass is 16.5. The van der Waals surface area contributed by atoms with Crippen molar-refractivity contribution in [2.45, 2.75) is 71.3 Å². The van der Waals surface area contributed by atoms with E-state index in [2.05, 4.69) is 67.4 Å². The fourth-order valence-corrected chi connectivity index (χ4v) is 6.40. The number of nitrogens with zero attached hydrogens (tertiary/aromatic N) is 2. The average Bonchev–Trinajstić information content (AvgIpc) is 3.17. The SMILES string of the molecule is CCCCCC(=O)N1c2ccccc2NC2=C(C(=O)C[C@@H](c3ccc(OC)cc3)C2)[C@H]1c1ccc(N(CC)CC)cc1. The topological polar surface area (TPSA) is 61.9 Å². The number of ether oxygens (including phenoxy) is 1. The maximum atomic E-state index is 14.3. The molecule has 3 aromatic rings. The number of rotatable bonds is 10. The van der Waals surface area contributed by atoms with Crippen LogP contribution in [0.1, 0.15) is 82.4 Å². The van der Waals surface area contributed by atoms with Crippen molar-refractivity contribution in [3.63, 3.8) is 0 Å². The van der Waals surface area contributed by atoms with Gasteiger partial charge in [-0.3, -0.25) is 14.5 Å². The summed E-state index contributed by atoms with van der Waals surface area (Å²) in [6.07, 6.45) is 4.40. The molecule has 2 atom stereocenters. The third-order valence-corrected chi connectivity index (χ3v) is 8.68. The molecule has 1 aliphatic heterocycles. The molecule has 220 valence electrons. The highest BCUT2D eigenvalue weighted by Crippen LogP contribution is 2.48. The molecule has 1 heterocycles. The smallest absolute Gasteiger partial charge is 0.227 e. The van der Waals surface area contributed by atoms with Crippen LogP contribution in [0.4, 0.5) is 17.1 Å². The van der Waals surface area contributed by atoms with Gasteiger partial charge in [-0.15, -0.1) is 0 Å². The average molecular weight is 566 g/mol. The summed E-state index contributed by atoms with van der Waals surface area (Å²) in [6.45, 7) is 8.28. The van der Waals surface area contributed by atoms with Crippen LogP contribution in [0.25, 0.3) is 0 Å². The minimum atomic E-state index is -0.500. The molecule has 0 aromatic heterocycles. The predicted octanol–water partition coefficient (Wildman–Crippen LogP) is 8.02. The molecule has 0 unspecified atom stereocenters. The second-order valence-corrected chi connectivity index (χ2v) is 11.2. The highest BCUT2D eigenvalue weighted by Gasteiger charge is 2.41. The van der Waals surface area contributed by atoms with Gasteiger partial charge in [0.15, 0.2) is 5.78 Å². The number of amides is 1. The van der Waals surface area contributed by atoms with Crippen molar-refractivity contribution >= 4 is 28.8 Å². The summed E-state index contributed by atoms with van der Waals surface area (Å²) < 4.78 is 5.36. The van der Waals surface area contributed by atoms with Gasteiger partial charge in [0.2, 0.25) is 5.91 Å². The number of benzene rings is 3. The Balaban J connectivity index is 1.63. The zero-order valence-corrected chi connectivity index (χ0v) is 25.4. The number of para-hydroxylation sites is 2. The van der Waals surface area contributed by atoms with Gasteiger partial charge in [-0.2, -0.15) is 0 Å². The number of carbonyl (C=O) groups is 2. The number of ketones is 1. The van der Waals surface area contributed by atoms with Crippen LogP contribution in [0.2, 0.25) is 0 Å². The van der Waals surface area contributed by atoms with Crippen LogP contribution < -0.4 is 19.9 Å². The molecule has 2 aliphatic rings. The number of hydrogen-bond acceptors (Lipinski definition) is 5. The maximum Gasteiger partial charge on any atom is 0.227 e. The predicted molar refractivity (Wildman–Crippen MR) is 171 cm³/mol. The Morgan fingerprint density at radius 2 is 1.60 bits per heavy atom. The molecule has 1 aliphatic carbocycles. The van der Waals surface area contributed by atoms with E-state index in [1.807, 2.05) is 41.3 Å². The Morgan fingerprint density at radius 3 is 2.26 bits per heavy atom. The number of nitrogens with one attached hydrogen (secondary N) is 1. The third kappa shape index (κ3) is 5.94. The van der Waals surface area contributed by atoms with Gasteiger partial charge in [0.1, 0.15) is 5.75 Å². The minimum Gasteiger partial charge on any atom is -0.497 e. The van der Waals surface area contributed by atoms with Gasteiger partial charge in [-0.25, -0.2) is 0 Å². The monoisotopic (exact) mass is 565 g/mol. The van der Waals surface area contributed by atoms with E-state index < -0.39 is 6.04 Å². The summed E-state index contributed by atoms with van der Waals surface area (Å²) in [4.78, 5) is 32.6. The summed E-state index contributed by atoms with van der Waals surface area (Å²) in [5.41, 5.74) is 6.50. The lowest BCUT2D eigenvalue weighted by Crippen LogP contribution is -2.38. The van der Waals surface area contributed by atoms with E-state index in [-0.39, 0.29) is 17.6 Å². The van der Waals surface area contributed by atoms with Crippen LogP contribution in [-0.4, -0.2) is 31.9 Å². The minimum absolute atomic E-state index is 0.0410. The van der Waals surface area contributed by atoms with Crippen molar-refractivity contribution < 1.29 is 14.3 Å². The van der Waals surface area contributed by atoms with Crippen molar-refractivity contribution in [3.8, 4) is 5.75 Å². The molecule has 0 saturated heterocycles. The molecule has 1 amide bonds. The molecule has 42 heavy (non-hydrogen) atoms. The van der Waals surface area contributed by atoms with Crippen molar-refractivity contribution in [2.75, 3.05) is 35.3 Å². The lowest BCUT2D eigenvalue weighted by Gasteiger charge is -2.35. The van der Waals surface area contributed by atoms with Crippen LogP contribution in [0.15, 0.2) is 84.1 Å². The van der Waals surface area contributed by atoms with Crippen LogP contribution in [0.3, 0.4) is 0 Å². The molecule has 6 heteroatoms. The number of carbonyl (C=O) groups excluding carboxylic acids is 2. The second kappa shape index (κ2) is 13.3. The van der Waals surface area contributed by atoms with E-state index in [0.717, 1.165) is 72.0 Å². The summed E-state index contributed by atoms with van der Waals surface area (Å²) in [5, 5.41) is 3.65. The molecular formula is C36H43N3O3. The Hall–Kier alpha value is -4.06. The normalized spacial score (nSPS) is 18.1. The number of fused-ring (bicyclic) bond motifs is 1. The van der Waals surface area contributed by atoms with E-state index in [1.54, 1.807) is 7.11 Å². The van der Waals surface area contributed by atoms with E-state index in [9.17, 15) is 9.59 Å². The fraction of sp³-hybridized carbons (Fsp3) is 0.389. The first-order valence-electron chi connectivity index (χ1n) is 15.4. The van der Waals surface area contributed by atoms with Gasteiger partial charge in [-0.1, -0.05) is 56.2 Å². The van der Waals surface area contributed by atoms with Crippen LogP contribution in [-0.2, 0) is 9.59 Å². The van der Waals surface area contributed by atoms with Gasteiger partial charge in [0.05, 0.1) is 24.5 Å². The molecule has 3 aromatic carbocycles. The van der Waals surface area contributed by atoms with Gasteiger partial charge in [0, 0.05) is 42.9 Å². The van der Waals surface area contributed by atoms with E-state index in [4.69, 9.17) is 4.74 Å². The first-order chi connectivity index (χ1) is 20.5. The Labute approximate surface area is 250 Å². The Morgan fingerprint density at radius 1 is 0.905 bits per heavy atom. The van der Waals surface area contributed by atoms with E-state index in [1.165, 1.54) is 0 Å². The fourth-order valence-electron chi connectivity index (χ4n) is 6.40. The van der Waals surface area contributed by atoms with Gasteiger partial charge in [0.25, 0.3) is 0 Å². The number of allylic oxidation sites excluding steroid dienone is 1. The number of anilines is 3. The summed E-state index contributed by atoms with van der Waals surface area (Å²) >= 11 is 0. The number of unbranched alkanes of at least 4 members (excludes halogenated alkanes) is 2. The third-order valence-electron chi connectivity index (χ3n) is 8.68. The molecular weight excluding hydrogens is 522 g/mol. The molecule has 0 spiro atoms. The van der Waals surface area contributed by atoms with Gasteiger partial charge < -0.3 is 15.0 Å². The van der Waals surface area contributed by atoms with Crippen LogP contribution in [0, 0.1) is 0 Å². The quantitative estimate of drug-likeness (QED) is 0.252. The van der Waals surface area contributed by atoms with Crippen LogP contribution >= 0.6 is 0 Å². The van der Waals surface area contributed by atoms with Gasteiger partial charge >= 0.3 is 0 Å². The van der Waals surface area contributed by atoms with Crippen molar-refractivity contribution in [2.24, 2.45) is 0 Å². The summed E-state index contributed by atoms with van der Waals surface area (Å²) in [5.74, 6) is 0.975. The van der Waals surface area contributed by atoms with Crippen LogP contribution in [0.5, 0.6) is 5.75 Å². The lowest BCUT2D eigenvalue weighted by atomic mass is 9.78. The summed E-state index contributed by atoms with van der Waals surface area (Å²) in [6, 6.07) is 23.9. The maximum absolute atomic E-state index is 14.3. The van der Waals surface area contributed by atoms with Gasteiger partial charge in [-0.05, 0) is 80.1 Å². The molecule has 1 N–H and O–H groups in total. The largest absolute Gasteiger partial charge is 0.497 e. The Bertz CT molecular complexity index is 1420. The molecule has 0 bridgehead atoms. The molecule has 5 rings (SSSR count). The van der Waals surface area contributed by atoms with E-state index in [0.29, 0.717) is 24.8 Å². The zero-order chi connectivity index (χ0) is 29.6. The van der Waals surface area contributed by atoms with Crippen molar-refractivity contribution in [3.05, 3.63) is 95.2 Å². The number of Topliss-reactive ketones (excluding diaryl/α,β-unsaturated/α-hetero) is 1.